The number of hydrogen-bond acceptors (Lipinski definition) is 2. The summed E-state index contributed by atoms with van der Waals surface area (Å²) in [5.41, 5.74) is 0.931. The third-order valence-corrected chi connectivity index (χ3v) is 2.86. The number of ether oxygens (including phenoxy) is 1. The molecule has 0 heterocycles. The van der Waals surface area contributed by atoms with Crippen molar-refractivity contribution < 1.29 is 4.74 Å². The second-order valence-electron chi connectivity index (χ2n) is 4.17. The monoisotopic (exact) mass is 207 g/mol. The summed E-state index contributed by atoms with van der Waals surface area (Å²) in [6.07, 6.45) is 10.3. The molecule has 1 unspecified atom stereocenters. The molecule has 0 saturated carbocycles. The van der Waals surface area contributed by atoms with Gasteiger partial charge in [0.1, 0.15) is 0 Å². The van der Waals surface area contributed by atoms with E-state index in [1.54, 1.807) is 0 Å². The maximum Gasteiger partial charge on any atom is 0.0943 e. The Morgan fingerprint density at radius 2 is 2.33 bits per heavy atom. The molecule has 84 valence electrons. The second kappa shape index (κ2) is 7.48. The quantitative estimate of drug-likeness (QED) is 0.624. The van der Waals surface area contributed by atoms with Gasteiger partial charge < -0.3 is 4.74 Å². The molecule has 2 nitrogen and oxygen atoms in total. The van der Waals surface area contributed by atoms with Gasteiger partial charge in [-0.15, -0.1) is 0 Å². The van der Waals surface area contributed by atoms with Crippen molar-refractivity contribution in [1.82, 2.24) is 0 Å². The molecule has 1 rings (SSSR count). The summed E-state index contributed by atoms with van der Waals surface area (Å²) >= 11 is 0. The molecule has 0 N–H and O–H groups in total. The largest absolute Gasteiger partial charge is 0.378 e. The van der Waals surface area contributed by atoms with Crippen molar-refractivity contribution in [3.63, 3.8) is 0 Å². The minimum atomic E-state index is 0.365. The van der Waals surface area contributed by atoms with Gasteiger partial charge in [-0.1, -0.05) is 32.3 Å². The van der Waals surface area contributed by atoms with Gasteiger partial charge in [0.15, 0.2) is 0 Å². The van der Waals surface area contributed by atoms with E-state index in [2.05, 4.69) is 13.0 Å². The van der Waals surface area contributed by atoms with E-state index in [1.807, 2.05) is 6.08 Å². The lowest BCUT2D eigenvalue weighted by Crippen LogP contribution is -2.16. The molecule has 0 aromatic carbocycles. The number of nitrogens with zero attached hydrogens (tertiary/aromatic N) is 1. The lowest BCUT2D eigenvalue weighted by Gasteiger charge is -2.19. The fourth-order valence-corrected chi connectivity index (χ4v) is 1.84. The standard InChI is InChI=1S/C13H21NO/c1-2-3-4-5-10-15-13-8-6-12(11-14)7-9-13/h6,13H,2-5,7-10H2,1H3. The summed E-state index contributed by atoms with van der Waals surface area (Å²) in [5, 5.41) is 8.69. The Morgan fingerprint density at radius 1 is 1.47 bits per heavy atom. The molecule has 1 aliphatic carbocycles. The van der Waals surface area contributed by atoms with Crippen LogP contribution in [0.1, 0.15) is 51.9 Å². The Kier molecular flexibility index (Phi) is 6.11. The van der Waals surface area contributed by atoms with Crippen molar-refractivity contribution in [2.45, 2.75) is 58.0 Å². The first-order chi connectivity index (χ1) is 7.36. The van der Waals surface area contributed by atoms with Gasteiger partial charge in [-0.05, 0) is 25.7 Å². The second-order valence-corrected chi connectivity index (χ2v) is 4.17. The predicted octanol–water partition coefficient (Wildman–Crippen LogP) is 3.59. The van der Waals surface area contributed by atoms with Crippen LogP contribution >= 0.6 is 0 Å². The van der Waals surface area contributed by atoms with Crippen LogP contribution in [-0.2, 0) is 4.74 Å². The smallest absolute Gasteiger partial charge is 0.0943 e. The predicted molar refractivity (Wildman–Crippen MR) is 61.4 cm³/mol. The normalized spacial score (nSPS) is 20.8. The topological polar surface area (TPSA) is 33.0 Å². The molecule has 0 bridgehead atoms. The van der Waals surface area contributed by atoms with Gasteiger partial charge >= 0.3 is 0 Å². The minimum absolute atomic E-state index is 0.365. The fraction of sp³-hybridized carbons (Fsp3) is 0.769. The Morgan fingerprint density at radius 3 is 2.93 bits per heavy atom. The average Bonchev–Trinajstić information content (AvgIpc) is 2.30. The molecule has 0 spiro atoms. The summed E-state index contributed by atoms with van der Waals surface area (Å²) < 4.78 is 5.77. The Bertz CT molecular complexity index is 239. The summed E-state index contributed by atoms with van der Waals surface area (Å²) in [4.78, 5) is 0. The van der Waals surface area contributed by atoms with E-state index >= 15 is 0 Å². The van der Waals surface area contributed by atoms with E-state index < -0.39 is 0 Å². The van der Waals surface area contributed by atoms with Crippen LogP contribution in [0, 0.1) is 11.3 Å². The van der Waals surface area contributed by atoms with Gasteiger partial charge in [-0.2, -0.15) is 5.26 Å². The molecule has 0 aromatic rings. The van der Waals surface area contributed by atoms with Crippen molar-refractivity contribution in [2.75, 3.05) is 6.61 Å². The molecule has 2 heteroatoms. The van der Waals surface area contributed by atoms with Gasteiger partial charge in [0.25, 0.3) is 0 Å². The van der Waals surface area contributed by atoms with Crippen LogP contribution in [0.3, 0.4) is 0 Å². The van der Waals surface area contributed by atoms with Gasteiger partial charge in [0.05, 0.1) is 12.2 Å². The van der Waals surface area contributed by atoms with Crippen LogP contribution in [0.5, 0.6) is 0 Å². The molecule has 0 aliphatic heterocycles. The minimum Gasteiger partial charge on any atom is -0.378 e. The number of rotatable bonds is 6. The maximum atomic E-state index is 8.69. The third kappa shape index (κ3) is 4.99. The summed E-state index contributed by atoms with van der Waals surface area (Å²) in [6, 6.07) is 2.21. The molecular weight excluding hydrogens is 186 g/mol. The van der Waals surface area contributed by atoms with Crippen molar-refractivity contribution in [2.24, 2.45) is 0 Å². The average molecular weight is 207 g/mol. The zero-order valence-corrected chi connectivity index (χ0v) is 9.67. The highest BCUT2D eigenvalue weighted by atomic mass is 16.5. The Hall–Kier alpha value is -0.810. The van der Waals surface area contributed by atoms with Crippen molar-refractivity contribution >= 4 is 0 Å². The Labute approximate surface area is 92.9 Å². The van der Waals surface area contributed by atoms with Crippen LogP contribution in [-0.4, -0.2) is 12.7 Å². The van der Waals surface area contributed by atoms with Crippen molar-refractivity contribution in [1.29, 1.82) is 5.26 Å². The first-order valence-corrected chi connectivity index (χ1v) is 6.07. The molecule has 0 radical (unpaired) electrons. The lowest BCUT2D eigenvalue weighted by molar-refractivity contribution is 0.0444. The lowest BCUT2D eigenvalue weighted by atomic mass is 9.98. The number of allylic oxidation sites excluding steroid dienone is 1. The molecule has 0 fully saturated rings. The van der Waals surface area contributed by atoms with Crippen LogP contribution in [0.4, 0.5) is 0 Å². The molecule has 15 heavy (non-hydrogen) atoms. The first kappa shape index (κ1) is 12.3. The van der Waals surface area contributed by atoms with Gasteiger partial charge in [-0.3, -0.25) is 0 Å². The van der Waals surface area contributed by atoms with Gasteiger partial charge in [-0.25, -0.2) is 0 Å². The van der Waals surface area contributed by atoms with Crippen LogP contribution < -0.4 is 0 Å². The van der Waals surface area contributed by atoms with Crippen LogP contribution in [0.15, 0.2) is 11.6 Å². The van der Waals surface area contributed by atoms with Gasteiger partial charge in [0, 0.05) is 12.2 Å². The van der Waals surface area contributed by atoms with Gasteiger partial charge in [0.2, 0.25) is 0 Å². The van der Waals surface area contributed by atoms with Crippen molar-refractivity contribution in [3.05, 3.63) is 11.6 Å². The van der Waals surface area contributed by atoms with E-state index in [1.165, 1.54) is 25.7 Å². The van der Waals surface area contributed by atoms with Crippen LogP contribution in [0.2, 0.25) is 0 Å². The highest BCUT2D eigenvalue weighted by molar-refractivity contribution is 5.22. The summed E-state index contributed by atoms with van der Waals surface area (Å²) in [5.74, 6) is 0. The van der Waals surface area contributed by atoms with E-state index in [0.717, 1.165) is 31.4 Å². The van der Waals surface area contributed by atoms with E-state index in [4.69, 9.17) is 10.00 Å². The number of unbranched alkanes of at least 4 members (excludes halogenated alkanes) is 3. The van der Waals surface area contributed by atoms with E-state index in [9.17, 15) is 0 Å². The zero-order valence-electron chi connectivity index (χ0n) is 9.67. The highest BCUT2D eigenvalue weighted by Crippen LogP contribution is 2.20. The van der Waals surface area contributed by atoms with E-state index in [-0.39, 0.29) is 0 Å². The van der Waals surface area contributed by atoms with Crippen molar-refractivity contribution in [3.8, 4) is 6.07 Å². The molecule has 0 amide bonds. The molecule has 1 aliphatic rings. The summed E-state index contributed by atoms with van der Waals surface area (Å²) in [6.45, 7) is 3.11. The van der Waals surface area contributed by atoms with Crippen LogP contribution in [0.25, 0.3) is 0 Å². The molecule has 0 saturated heterocycles. The molecular formula is C13H21NO. The molecule has 1 atom stereocenters. The number of nitriles is 1. The fourth-order valence-electron chi connectivity index (χ4n) is 1.84. The molecule has 0 aromatic heterocycles. The SMILES string of the molecule is CCCCCCOC1CC=C(C#N)CC1. The Balaban J connectivity index is 2.04. The highest BCUT2D eigenvalue weighted by Gasteiger charge is 2.13. The maximum absolute atomic E-state index is 8.69. The summed E-state index contributed by atoms with van der Waals surface area (Å²) in [7, 11) is 0. The number of hydrogen-bond donors (Lipinski definition) is 0. The zero-order chi connectivity index (χ0) is 10.9. The third-order valence-electron chi connectivity index (χ3n) is 2.86. The van der Waals surface area contributed by atoms with E-state index in [0.29, 0.717) is 6.10 Å². The first-order valence-electron chi connectivity index (χ1n) is 6.07.